The average Bonchev–Trinajstić information content (AvgIpc) is 2.64. The van der Waals surface area contributed by atoms with E-state index in [0.29, 0.717) is 17.0 Å². The van der Waals surface area contributed by atoms with E-state index in [4.69, 9.17) is 15.6 Å². The molecule has 8 nitrogen and oxygen atoms in total. The maximum atomic E-state index is 11.1. The Kier molecular flexibility index (Phi) is 6.54. The summed E-state index contributed by atoms with van der Waals surface area (Å²) < 4.78 is 5.72. The van der Waals surface area contributed by atoms with Crippen LogP contribution in [-0.2, 0) is 0 Å². The molecule has 0 saturated heterocycles. The number of nitrogens with two attached hydrogens (primary N) is 1. The predicted molar refractivity (Wildman–Crippen MR) is 106 cm³/mol. The Hall–Kier alpha value is -3.18. The number of carbonyl (C=O) groups is 1. The van der Waals surface area contributed by atoms with E-state index in [1.54, 1.807) is 24.4 Å². The van der Waals surface area contributed by atoms with Gasteiger partial charge in [-0.2, -0.15) is 5.26 Å². The van der Waals surface area contributed by atoms with Crippen molar-refractivity contribution in [2.75, 3.05) is 18.6 Å². The van der Waals surface area contributed by atoms with E-state index in [1.165, 1.54) is 13.2 Å². The lowest BCUT2D eigenvalue weighted by Gasteiger charge is -2.26. The van der Waals surface area contributed by atoms with Gasteiger partial charge in [-0.1, -0.05) is 13.8 Å². The van der Waals surface area contributed by atoms with Crippen LogP contribution in [0.15, 0.2) is 30.6 Å². The molecule has 1 amide bonds. The molecule has 8 heteroatoms. The third-order valence-corrected chi connectivity index (χ3v) is 4.09. The molecule has 3 N–H and O–H groups in total. The number of ether oxygens (including phenoxy) is 1. The van der Waals surface area contributed by atoms with E-state index in [-0.39, 0.29) is 23.9 Å². The third-order valence-electron chi connectivity index (χ3n) is 4.09. The van der Waals surface area contributed by atoms with Gasteiger partial charge in [0.05, 0.1) is 0 Å². The topological polar surface area (TPSA) is 125 Å². The van der Waals surface area contributed by atoms with E-state index >= 15 is 0 Å². The Morgan fingerprint density at radius 3 is 2.71 bits per heavy atom. The highest BCUT2D eigenvalue weighted by molar-refractivity contribution is 5.85. The van der Waals surface area contributed by atoms with Gasteiger partial charge in [0, 0.05) is 30.5 Å². The molecule has 0 spiro atoms. The Morgan fingerprint density at radius 1 is 1.39 bits per heavy atom. The lowest BCUT2D eigenvalue weighted by molar-refractivity contribution is 0.200. The van der Waals surface area contributed by atoms with Crippen molar-refractivity contribution in [3.8, 4) is 23.1 Å². The van der Waals surface area contributed by atoms with Crippen molar-refractivity contribution in [2.45, 2.75) is 32.7 Å². The van der Waals surface area contributed by atoms with Crippen molar-refractivity contribution in [3.05, 3.63) is 36.2 Å². The van der Waals surface area contributed by atoms with E-state index in [9.17, 15) is 10.1 Å². The van der Waals surface area contributed by atoms with Crippen LogP contribution < -0.4 is 15.4 Å². The van der Waals surface area contributed by atoms with E-state index < -0.39 is 11.6 Å². The second kappa shape index (κ2) is 8.67. The van der Waals surface area contributed by atoms with Crippen molar-refractivity contribution in [1.82, 2.24) is 9.97 Å². The molecule has 0 radical (unpaired) electrons. The summed E-state index contributed by atoms with van der Waals surface area (Å²) in [5.74, 6) is 0.925. The summed E-state index contributed by atoms with van der Waals surface area (Å²) in [4.78, 5) is 20.4. The fourth-order valence-electron chi connectivity index (χ4n) is 2.91. The first-order chi connectivity index (χ1) is 13.1. The summed E-state index contributed by atoms with van der Waals surface area (Å²) in [6.07, 6.45) is 2.75. The van der Waals surface area contributed by atoms with Gasteiger partial charge in [0.25, 0.3) is 0 Å². The van der Waals surface area contributed by atoms with Crippen molar-refractivity contribution in [1.29, 1.82) is 5.26 Å². The van der Waals surface area contributed by atoms with Crippen LogP contribution in [0.3, 0.4) is 0 Å². The Labute approximate surface area is 164 Å². The Morgan fingerprint density at radius 2 is 2.11 bits per heavy atom. The zero-order valence-corrected chi connectivity index (χ0v) is 16.5. The maximum Gasteiger partial charge on any atom is 0.412 e. The number of pyridine rings is 2. The van der Waals surface area contributed by atoms with Crippen LogP contribution in [0.2, 0.25) is 0 Å². The lowest BCUT2D eigenvalue weighted by atomic mass is 9.93. The second-order valence-electron chi connectivity index (χ2n) is 7.47. The van der Waals surface area contributed by atoms with Crippen LogP contribution in [0, 0.1) is 17.2 Å². The molecule has 0 bridgehead atoms. The van der Waals surface area contributed by atoms with Gasteiger partial charge >= 0.3 is 6.09 Å². The van der Waals surface area contributed by atoms with Crippen molar-refractivity contribution in [2.24, 2.45) is 11.7 Å². The van der Waals surface area contributed by atoms with Crippen molar-refractivity contribution in [3.63, 3.8) is 0 Å². The van der Waals surface area contributed by atoms with Crippen molar-refractivity contribution >= 4 is 11.9 Å². The molecule has 2 aromatic heterocycles. The second-order valence-corrected chi connectivity index (χ2v) is 7.47. The van der Waals surface area contributed by atoms with Gasteiger partial charge in [-0.3, -0.25) is 4.90 Å². The first-order valence-electron chi connectivity index (χ1n) is 8.88. The Balaban J connectivity index is 2.25. The lowest BCUT2D eigenvalue weighted by Crippen LogP contribution is -2.43. The molecular formula is C20H25N5O3. The van der Waals surface area contributed by atoms with Gasteiger partial charge in [0.2, 0.25) is 5.88 Å². The highest BCUT2D eigenvalue weighted by Crippen LogP contribution is 2.26. The molecule has 0 unspecified atom stereocenters. The van der Waals surface area contributed by atoms with Crippen LogP contribution in [0.1, 0.15) is 32.8 Å². The number of anilines is 1. The van der Waals surface area contributed by atoms with Crippen LogP contribution in [0.4, 0.5) is 10.6 Å². The maximum absolute atomic E-state index is 11.1. The zero-order valence-electron chi connectivity index (χ0n) is 16.5. The first kappa shape index (κ1) is 21.1. The highest BCUT2D eigenvalue weighted by Gasteiger charge is 2.22. The largest absolute Gasteiger partial charge is 0.475 e. The summed E-state index contributed by atoms with van der Waals surface area (Å²) >= 11 is 0. The minimum absolute atomic E-state index is 0.226. The van der Waals surface area contributed by atoms with Gasteiger partial charge < -0.3 is 15.6 Å². The summed E-state index contributed by atoms with van der Waals surface area (Å²) in [6, 6.07) is 7.08. The molecule has 2 aromatic rings. The number of carboxylic acid groups (broad SMARTS) is 1. The predicted octanol–water partition coefficient (Wildman–Crippen LogP) is 3.27. The fourth-order valence-corrected chi connectivity index (χ4v) is 2.91. The molecule has 0 fully saturated rings. The number of rotatable bonds is 7. The van der Waals surface area contributed by atoms with Crippen molar-refractivity contribution < 1.29 is 14.6 Å². The molecule has 0 aromatic carbocycles. The van der Waals surface area contributed by atoms with Gasteiger partial charge in [-0.05, 0) is 43.0 Å². The van der Waals surface area contributed by atoms with Crippen LogP contribution in [0.5, 0.6) is 5.88 Å². The molecule has 2 rings (SSSR count). The number of nitriles is 1. The number of aromatic nitrogens is 2. The molecule has 28 heavy (non-hydrogen) atoms. The van der Waals surface area contributed by atoms with Crippen LogP contribution >= 0.6 is 0 Å². The summed E-state index contributed by atoms with van der Waals surface area (Å²) in [6.45, 7) is 6.33. The molecule has 2 heterocycles. The number of hydrogen-bond acceptors (Lipinski definition) is 6. The van der Waals surface area contributed by atoms with E-state index in [1.807, 2.05) is 6.92 Å². The molecule has 148 valence electrons. The normalized spacial score (nSPS) is 12.9. The van der Waals surface area contributed by atoms with E-state index in [2.05, 4.69) is 29.9 Å². The Bertz CT molecular complexity index is 890. The van der Waals surface area contributed by atoms with Gasteiger partial charge in [-0.25, -0.2) is 14.8 Å². The van der Waals surface area contributed by atoms with Crippen LogP contribution in [-0.4, -0.2) is 40.4 Å². The van der Waals surface area contributed by atoms with Gasteiger partial charge in [0.15, 0.2) is 0 Å². The summed E-state index contributed by atoms with van der Waals surface area (Å²) in [5.41, 5.74) is 7.36. The third kappa shape index (κ3) is 5.41. The number of hydrogen-bond donors (Lipinski definition) is 2. The zero-order chi connectivity index (χ0) is 20.9. The molecule has 0 aliphatic carbocycles. The number of amides is 1. The summed E-state index contributed by atoms with van der Waals surface area (Å²) in [5, 5.41) is 18.6. The molecule has 0 aliphatic rings. The smallest absolute Gasteiger partial charge is 0.412 e. The quantitative estimate of drug-likeness (QED) is 0.751. The molecule has 1 atom stereocenters. The van der Waals surface area contributed by atoms with Gasteiger partial charge in [0.1, 0.15) is 24.1 Å². The fraction of sp³-hybridized carbons (Fsp3) is 0.400. The first-order valence-corrected chi connectivity index (χ1v) is 8.88. The minimum Gasteiger partial charge on any atom is -0.475 e. The number of nitrogens with zero attached hydrogens (tertiary/aromatic N) is 4. The molecule has 0 saturated carbocycles. The van der Waals surface area contributed by atoms with Crippen LogP contribution in [0.25, 0.3) is 11.1 Å². The van der Waals surface area contributed by atoms with Gasteiger partial charge in [-0.15, -0.1) is 0 Å². The monoisotopic (exact) mass is 383 g/mol. The minimum atomic E-state index is -1.12. The van der Waals surface area contributed by atoms with E-state index in [0.717, 1.165) is 11.3 Å². The average molecular weight is 383 g/mol. The highest BCUT2D eigenvalue weighted by atomic mass is 16.5. The SMILES string of the molecule is CC(C)C[C@](C)(N)COc1ncc(-c2ccnc(N(C)C(=O)O)c2)cc1C#N. The summed E-state index contributed by atoms with van der Waals surface area (Å²) in [7, 11) is 1.41. The molecule has 0 aliphatic heterocycles. The standard InChI is InChI=1S/C20H25N5O3/c1-13(2)9-20(3,22)12-28-18-15(10-21)7-16(11-24-18)14-5-6-23-17(8-14)25(4)19(26)27/h5-8,11,13H,9,12,22H2,1-4H3,(H,26,27)/t20-/m0/s1. The molecular weight excluding hydrogens is 358 g/mol.